The van der Waals surface area contributed by atoms with Gasteiger partial charge in [-0.1, -0.05) is 0 Å². The third-order valence-corrected chi connectivity index (χ3v) is 4.25. The van der Waals surface area contributed by atoms with E-state index in [-0.39, 0.29) is 17.1 Å². The van der Waals surface area contributed by atoms with E-state index >= 15 is 0 Å². The minimum atomic E-state index is -3.79. The molecule has 0 amide bonds. The minimum absolute atomic E-state index is 0. The molecule has 0 aromatic carbocycles. The summed E-state index contributed by atoms with van der Waals surface area (Å²) in [6, 6.07) is 3.41. The first-order valence-electron chi connectivity index (χ1n) is 7.82. The van der Waals surface area contributed by atoms with Crippen molar-refractivity contribution in [2.75, 3.05) is 0 Å². The zero-order valence-corrected chi connectivity index (χ0v) is 14.3. The molecule has 0 unspecified atom stereocenters. The van der Waals surface area contributed by atoms with E-state index in [9.17, 15) is 8.63 Å². The van der Waals surface area contributed by atoms with Gasteiger partial charge < -0.3 is 17.6 Å². The quantitative estimate of drug-likeness (QED) is 0.664. The Hall–Kier alpha value is -1.13. The largest absolute Gasteiger partial charge is 2.00 e. The van der Waals surface area contributed by atoms with E-state index in [2.05, 4.69) is 0 Å². The molecule has 4 aliphatic rings. The fraction of sp³-hybridized carbons (Fsp3) is 0. The van der Waals surface area contributed by atoms with Gasteiger partial charge in [-0.15, -0.1) is 0 Å². The van der Waals surface area contributed by atoms with Gasteiger partial charge in [0.25, 0.3) is 0 Å². The zero-order valence-electron chi connectivity index (χ0n) is 13.2. The van der Waals surface area contributed by atoms with Crippen LogP contribution in [0.5, 0.6) is 0 Å². The first kappa shape index (κ1) is 18.7. The molecule has 2 aliphatic carbocycles. The first-order chi connectivity index (χ1) is 11.7. The van der Waals surface area contributed by atoms with Gasteiger partial charge in [0, 0.05) is 29.3 Å². The Bertz CT molecular complexity index is 703. The molecule has 1 aromatic heterocycles. The Labute approximate surface area is 159 Å². The van der Waals surface area contributed by atoms with Crippen LogP contribution in [0.25, 0.3) is 5.57 Å². The number of allylic oxidation sites excluding steroid dienone is 3. The number of aromatic nitrogens is 1. The van der Waals surface area contributed by atoms with Gasteiger partial charge >= 0.3 is 24.0 Å². The van der Waals surface area contributed by atoms with Gasteiger partial charge in [-0.05, 0) is 76.1 Å². The maximum absolute atomic E-state index is 14.4. The molecule has 2 saturated carbocycles. The molecule has 0 atom stereocenters. The fourth-order valence-electron chi connectivity index (χ4n) is 3.18. The van der Waals surface area contributed by atoms with Crippen LogP contribution in [-0.2, 0) is 17.1 Å². The Morgan fingerprint density at radius 3 is 2.20 bits per heavy atom. The van der Waals surface area contributed by atoms with E-state index in [1.165, 1.54) is 12.4 Å². The number of nitrogens with zero attached hydrogens (tertiary/aromatic N) is 2. The van der Waals surface area contributed by atoms with E-state index in [0.717, 1.165) is 20.5 Å². The number of halogens is 2. The maximum atomic E-state index is 14.4. The molecule has 2 nitrogen and oxygen atoms in total. The summed E-state index contributed by atoms with van der Waals surface area (Å²) < 4.78 is 31.1. The number of fused-ring (bicyclic) bond motifs is 2. The molecule has 0 saturated heterocycles. The molecule has 25 heavy (non-hydrogen) atoms. The summed E-state index contributed by atoms with van der Waals surface area (Å²) in [5, 5.41) is 0. The predicted molar refractivity (Wildman–Crippen MR) is 92.1 cm³/mol. The summed E-state index contributed by atoms with van der Waals surface area (Å²) in [5.74, 6) is 0.964. The summed E-state index contributed by atoms with van der Waals surface area (Å²) in [6.07, 6.45) is 24.0. The van der Waals surface area contributed by atoms with Crippen molar-refractivity contribution in [2.24, 2.45) is 0 Å². The molecule has 10 radical (unpaired) electrons. The average Bonchev–Trinajstić information content (AvgIpc) is 3.35. The maximum Gasteiger partial charge on any atom is 2.00 e. The second-order valence-electron chi connectivity index (χ2n) is 5.70. The van der Waals surface area contributed by atoms with Crippen molar-refractivity contribution in [1.82, 2.24) is 4.48 Å². The topological polar surface area (TPSA) is 7.94 Å². The van der Waals surface area contributed by atoms with Crippen LogP contribution in [-0.4, -0.2) is 22.1 Å². The number of hydrogen-bond acceptors (Lipinski definition) is 0. The molecule has 0 bridgehead atoms. The molecule has 0 spiro atoms. The number of hydrogen-bond donors (Lipinski definition) is 0. The van der Waals surface area contributed by atoms with Crippen molar-refractivity contribution in [3.63, 3.8) is 0 Å². The van der Waals surface area contributed by atoms with E-state index in [1.54, 1.807) is 24.3 Å². The molecule has 3 heterocycles. The van der Waals surface area contributed by atoms with Gasteiger partial charge in [-0.3, -0.25) is 0 Å². The number of rotatable bonds is 1. The Balaban J connectivity index is 0.000000264. The Kier molecular flexibility index (Phi) is 5.69. The van der Waals surface area contributed by atoms with Gasteiger partial charge in [-0.2, -0.15) is 0 Å². The van der Waals surface area contributed by atoms with Crippen LogP contribution in [0, 0.1) is 63.7 Å². The molecule has 2 aliphatic heterocycles. The molecule has 124 valence electrons. The van der Waals surface area contributed by atoms with Crippen molar-refractivity contribution in [1.29, 1.82) is 0 Å². The Morgan fingerprint density at radius 1 is 0.920 bits per heavy atom. The van der Waals surface area contributed by atoms with Crippen LogP contribution in [0.4, 0.5) is 8.63 Å². The van der Waals surface area contributed by atoms with Crippen LogP contribution in [0.2, 0.25) is 0 Å². The molecule has 6 heteroatoms. The van der Waals surface area contributed by atoms with E-state index in [4.69, 9.17) is 0 Å². The monoisotopic (exact) mass is 376 g/mol. The summed E-state index contributed by atoms with van der Waals surface area (Å²) in [6.45, 7) is -3.79. The first-order valence-corrected chi connectivity index (χ1v) is 7.82. The average molecular weight is 376 g/mol. The van der Waals surface area contributed by atoms with Gasteiger partial charge in [0.2, 0.25) is 0 Å². The fourth-order valence-corrected chi connectivity index (χ4v) is 3.18. The van der Waals surface area contributed by atoms with Crippen molar-refractivity contribution >= 4 is 18.8 Å². The van der Waals surface area contributed by atoms with Gasteiger partial charge in [0.05, 0.1) is 0 Å². The third-order valence-electron chi connectivity index (χ3n) is 4.25. The molecule has 5 rings (SSSR count). The van der Waals surface area contributed by atoms with Gasteiger partial charge in [-0.25, -0.2) is 0 Å². The van der Waals surface area contributed by atoms with Crippen LogP contribution in [0.3, 0.4) is 0 Å². The van der Waals surface area contributed by atoms with Crippen molar-refractivity contribution in [3.8, 4) is 0 Å². The Morgan fingerprint density at radius 2 is 1.56 bits per heavy atom. The third kappa shape index (κ3) is 3.31. The molecular formula is C19H15BF2FeN2+2. The van der Waals surface area contributed by atoms with E-state index < -0.39 is 6.97 Å². The van der Waals surface area contributed by atoms with Crippen LogP contribution in [0.1, 0.15) is 5.69 Å². The second kappa shape index (κ2) is 7.63. The van der Waals surface area contributed by atoms with Crippen LogP contribution in [0.15, 0.2) is 36.2 Å². The zero-order chi connectivity index (χ0) is 16.6. The summed E-state index contributed by atoms with van der Waals surface area (Å²) in [4.78, 5) is 0. The summed E-state index contributed by atoms with van der Waals surface area (Å²) >= 11 is 0. The molecule has 1 aromatic rings. The van der Waals surface area contributed by atoms with Crippen molar-refractivity contribution < 1.29 is 30.2 Å². The second-order valence-corrected chi connectivity index (χ2v) is 5.70. The van der Waals surface area contributed by atoms with Crippen molar-refractivity contribution in [2.45, 2.75) is 0 Å². The van der Waals surface area contributed by atoms with E-state index in [1.807, 2.05) is 57.8 Å². The van der Waals surface area contributed by atoms with Gasteiger partial charge in [0.1, 0.15) is 6.21 Å². The molecule has 0 N–H and O–H groups in total. The van der Waals surface area contributed by atoms with Crippen molar-refractivity contribution in [3.05, 3.63) is 106 Å². The SMILES string of the molecule is F[B-]1(F)n2cccc2C([C]2[CH][CH][CH][CH]2)=C2C=CC=[N+]21.[CH]1[CH][CH][CH][CH]1.[Fe+2]. The predicted octanol–water partition coefficient (Wildman–Crippen LogP) is 3.51. The normalized spacial score (nSPS) is 23.5. The van der Waals surface area contributed by atoms with E-state index in [0.29, 0.717) is 11.4 Å². The summed E-state index contributed by atoms with van der Waals surface area (Å²) in [5.41, 5.74) is 2.00. The molecular weight excluding hydrogens is 361 g/mol. The van der Waals surface area contributed by atoms with Crippen LogP contribution < -0.4 is 0 Å². The smallest absolute Gasteiger partial charge is 0.396 e. The van der Waals surface area contributed by atoms with Crippen LogP contribution >= 0.6 is 0 Å². The standard InChI is InChI=1S/C14H10BF2N2.C5H5.Fe/c16-15(17)18-9-3-7-12(18)14(11-5-1-2-6-11)13-8-4-10-19(13)15;1-2-4-5-3-1;/h1-10H;1-5H;/q;;+2. The summed E-state index contributed by atoms with van der Waals surface area (Å²) in [7, 11) is 0. The minimum Gasteiger partial charge on any atom is -0.396 e. The molecule has 2 fully saturated rings. The van der Waals surface area contributed by atoms with Gasteiger partial charge in [0.15, 0.2) is 5.70 Å².